The minimum absolute atomic E-state index is 0.0141. The van der Waals surface area contributed by atoms with Gasteiger partial charge in [-0.05, 0) is 36.1 Å². The fourth-order valence-corrected chi connectivity index (χ4v) is 2.19. The summed E-state index contributed by atoms with van der Waals surface area (Å²) in [5, 5.41) is 15.5. The van der Waals surface area contributed by atoms with Gasteiger partial charge in [0.1, 0.15) is 5.75 Å². The number of nitrogens with zero attached hydrogens (tertiary/aromatic N) is 2. The zero-order valence-corrected chi connectivity index (χ0v) is 13.6. The minimum Gasteiger partial charge on any atom is -0.482 e. The molecule has 0 spiro atoms. The SMILES string of the molecule is Cn1cc(CCC(=O)NCCc2ccc(OCC(=O)O)cc2)cn1. The molecule has 0 saturated carbocycles. The molecule has 128 valence electrons. The van der Waals surface area contributed by atoms with Crippen molar-refractivity contribution in [3.8, 4) is 5.75 Å². The van der Waals surface area contributed by atoms with E-state index in [0.29, 0.717) is 31.6 Å². The predicted molar refractivity (Wildman–Crippen MR) is 87.8 cm³/mol. The Balaban J connectivity index is 1.65. The van der Waals surface area contributed by atoms with E-state index < -0.39 is 5.97 Å². The Bertz CT molecular complexity index is 679. The van der Waals surface area contributed by atoms with Gasteiger partial charge in [0.2, 0.25) is 5.91 Å². The van der Waals surface area contributed by atoms with Crippen LogP contribution in [0.2, 0.25) is 0 Å². The molecule has 0 radical (unpaired) electrons. The van der Waals surface area contributed by atoms with Crippen LogP contribution in [0, 0.1) is 0 Å². The van der Waals surface area contributed by atoms with Gasteiger partial charge in [-0.15, -0.1) is 0 Å². The Morgan fingerprint density at radius 1 is 1.21 bits per heavy atom. The van der Waals surface area contributed by atoms with Gasteiger partial charge in [0.15, 0.2) is 6.61 Å². The Kier molecular flexibility index (Phi) is 6.36. The minimum atomic E-state index is -1.01. The van der Waals surface area contributed by atoms with Crippen LogP contribution >= 0.6 is 0 Å². The highest BCUT2D eigenvalue weighted by atomic mass is 16.5. The zero-order valence-electron chi connectivity index (χ0n) is 13.6. The average Bonchev–Trinajstić information content (AvgIpc) is 2.97. The van der Waals surface area contributed by atoms with E-state index in [9.17, 15) is 9.59 Å². The second kappa shape index (κ2) is 8.71. The van der Waals surface area contributed by atoms with Crippen molar-refractivity contribution in [2.45, 2.75) is 19.3 Å². The first-order chi connectivity index (χ1) is 11.5. The van der Waals surface area contributed by atoms with Gasteiger partial charge in [-0.1, -0.05) is 12.1 Å². The number of rotatable bonds is 9. The van der Waals surface area contributed by atoms with E-state index in [4.69, 9.17) is 9.84 Å². The summed E-state index contributed by atoms with van der Waals surface area (Å²) in [4.78, 5) is 22.2. The highest BCUT2D eigenvalue weighted by molar-refractivity contribution is 5.76. The lowest BCUT2D eigenvalue weighted by molar-refractivity contribution is -0.139. The number of amides is 1. The fraction of sp³-hybridized carbons (Fsp3) is 0.353. The fourth-order valence-electron chi connectivity index (χ4n) is 2.19. The predicted octanol–water partition coefficient (Wildman–Crippen LogP) is 1.17. The third-order valence-electron chi connectivity index (χ3n) is 3.42. The van der Waals surface area contributed by atoms with Crippen molar-refractivity contribution in [2.75, 3.05) is 13.2 Å². The number of aryl methyl sites for hydroxylation is 2. The normalized spacial score (nSPS) is 10.4. The summed E-state index contributed by atoms with van der Waals surface area (Å²) in [6, 6.07) is 7.17. The molecule has 0 saturated heterocycles. The molecule has 0 fully saturated rings. The van der Waals surface area contributed by atoms with E-state index in [-0.39, 0.29) is 12.5 Å². The summed E-state index contributed by atoms with van der Waals surface area (Å²) in [5.41, 5.74) is 2.09. The number of hydrogen-bond acceptors (Lipinski definition) is 4. The first kappa shape index (κ1) is 17.5. The van der Waals surface area contributed by atoms with Gasteiger partial charge in [-0.3, -0.25) is 9.48 Å². The highest BCUT2D eigenvalue weighted by Gasteiger charge is 2.04. The number of aromatic nitrogens is 2. The molecule has 2 N–H and O–H groups in total. The summed E-state index contributed by atoms with van der Waals surface area (Å²) in [7, 11) is 1.85. The number of hydrogen-bond donors (Lipinski definition) is 2. The summed E-state index contributed by atoms with van der Waals surface area (Å²) in [6.45, 7) is 0.202. The van der Waals surface area contributed by atoms with E-state index in [1.807, 2.05) is 25.4 Å². The van der Waals surface area contributed by atoms with Crippen molar-refractivity contribution in [1.82, 2.24) is 15.1 Å². The number of ether oxygens (including phenoxy) is 1. The molecule has 24 heavy (non-hydrogen) atoms. The van der Waals surface area contributed by atoms with Crippen molar-refractivity contribution < 1.29 is 19.4 Å². The molecular weight excluding hydrogens is 310 g/mol. The van der Waals surface area contributed by atoms with Gasteiger partial charge in [-0.2, -0.15) is 5.10 Å². The Labute approximate surface area is 140 Å². The van der Waals surface area contributed by atoms with Crippen LogP contribution in [0.1, 0.15) is 17.5 Å². The molecule has 2 aromatic rings. The zero-order chi connectivity index (χ0) is 17.4. The van der Waals surface area contributed by atoms with Crippen LogP contribution in [0.15, 0.2) is 36.7 Å². The second-order valence-corrected chi connectivity index (χ2v) is 5.45. The van der Waals surface area contributed by atoms with Gasteiger partial charge in [0, 0.05) is 26.2 Å². The molecule has 1 aromatic heterocycles. The molecule has 0 atom stereocenters. The summed E-state index contributed by atoms with van der Waals surface area (Å²) in [6.07, 6.45) is 5.49. The number of aliphatic carboxylic acids is 1. The lowest BCUT2D eigenvalue weighted by Crippen LogP contribution is -2.25. The number of carbonyl (C=O) groups is 2. The maximum absolute atomic E-state index is 11.8. The van der Waals surface area contributed by atoms with Crippen molar-refractivity contribution in [3.05, 3.63) is 47.8 Å². The lowest BCUT2D eigenvalue weighted by atomic mass is 10.1. The molecule has 0 unspecified atom stereocenters. The molecule has 2 rings (SSSR count). The third-order valence-corrected chi connectivity index (χ3v) is 3.42. The van der Waals surface area contributed by atoms with Gasteiger partial charge in [0.25, 0.3) is 0 Å². The quantitative estimate of drug-likeness (QED) is 0.719. The van der Waals surface area contributed by atoms with Crippen molar-refractivity contribution in [2.24, 2.45) is 7.05 Å². The van der Waals surface area contributed by atoms with Crippen LogP contribution in [0.3, 0.4) is 0 Å². The summed E-state index contributed by atoms with van der Waals surface area (Å²) < 4.78 is 6.78. The van der Waals surface area contributed by atoms with Crippen LogP contribution in [-0.4, -0.2) is 39.9 Å². The largest absolute Gasteiger partial charge is 0.482 e. The van der Waals surface area contributed by atoms with Crippen LogP contribution in [0.4, 0.5) is 0 Å². The first-order valence-electron chi connectivity index (χ1n) is 7.70. The lowest BCUT2D eigenvalue weighted by Gasteiger charge is -2.07. The number of carbonyl (C=O) groups excluding carboxylic acids is 1. The molecule has 1 amide bonds. The van der Waals surface area contributed by atoms with Crippen LogP contribution < -0.4 is 10.1 Å². The Morgan fingerprint density at radius 2 is 1.96 bits per heavy atom. The van der Waals surface area contributed by atoms with Crippen molar-refractivity contribution >= 4 is 11.9 Å². The third kappa shape index (κ3) is 6.12. The number of carboxylic acids is 1. The highest BCUT2D eigenvalue weighted by Crippen LogP contribution is 2.12. The molecule has 7 nitrogen and oxygen atoms in total. The van der Waals surface area contributed by atoms with Crippen LogP contribution in [-0.2, 0) is 29.5 Å². The average molecular weight is 331 g/mol. The maximum atomic E-state index is 11.8. The van der Waals surface area contributed by atoms with E-state index in [1.165, 1.54) is 0 Å². The van der Waals surface area contributed by atoms with Crippen LogP contribution in [0.25, 0.3) is 0 Å². The molecule has 0 bridgehead atoms. The maximum Gasteiger partial charge on any atom is 0.341 e. The second-order valence-electron chi connectivity index (χ2n) is 5.45. The summed E-state index contributed by atoms with van der Waals surface area (Å²) >= 11 is 0. The smallest absolute Gasteiger partial charge is 0.341 e. The molecule has 0 aliphatic heterocycles. The van der Waals surface area contributed by atoms with Crippen molar-refractivity contribution in [3.63, 3.8) is 0 Å². The molecule has 1 heterocycles. The van der Waals surface area contributed by atoms with E-state index in [2.05, 4.69) is 10.4 Å². The van der Waals surface area contributed by atoms with E-state index in [1.54, 1.807) is 23.0 Å². The van der Waals surface area contributed by atoms with Gasteiger partial charge in [-0.25, -0.2) is 4.79 Å². The van der Waals surface area contributed by atoms with Crippen molar-refractivity contribution in [1.29, 1.82) is 0 Å². The van der Waals surface area contributed by atoms with Gasteiger partial charge in [0.05, 0.1) is 6.20 Å². The van der Waals surface area contributed by atoms with E-state index in [0.717, 1.165) is 11.1 Å². The summed E-state index contributed by atoms with van der Waals surface area (Å²) in [5.74, 6) is -0.477. The molecule has 0 aliphatic carbocycles. The number of carboxylic acid groups (broad SMARTS) is 1. The van der Waals surface area contributed by atoms with E-state index >= 15 is 0 Å². The van der Waals surface area contributed by atoms with Gasteiger partial charge < -0.3 is 15.2 Å². The monoisotopic (exact) mass is 331 g/mol. The molecule has 1 aromatic carbocycles. The first-order valence-corrected chi connectivity index (χ1v) is 7.70. The molecular formula is C17H21N3O4. The topological polar surface area (TPSA) is 93.5 Å². The standard InChI is InChI=1S/C17H21N3O4/c1-20-11-14(10-19-20)4-7-16(21)18-9-8-13-2-5-15(6-3-13)24-12-17(22)23/h2-3,5-6,10-11H,4,7-9,12H2,1H3,(H,18,21)(H,22,23). The molecule has 0 aliphatic rings. The Morgan fingerprint density at radius 3 is 2.58 bits per heavy atom. The van der Waals surface area contributed by atoms with Crippen LogP contribution in [0.5, 0.6) is 5.75 Å². The van der Waals surface area contributed by atoms with Gasteiger partial charge >= 0.3 is 5.97 Å². The number of nitrogens with one attached hydrogen (secondary N) is 1. The number of benzene rings is 1. The Hall–Kier alpha value is -2.83. The molecule has 7 heteroatoms.